The predicted molar refractivity (Wildman–Crippen MR) is 130 cm³/mol. The molecular weight excluding hydrogens is 442 g/mol. The maximum Gasteiger partial charge on any atom is 0.255 e. The molecule has 4 aliphatic rings. The summed E-state index contributed by atoms with van der Waals surface area (Å²) in [5.41, 5.74) is 2.93. The van der Waals surface area contributed by atoms with E-state index in [0.717, 1.165) is 37.2 Å². The second-order valence-electron chi connectivity index (χ2n) is 10.3. The highest BCUT2D eigenvalue weighted by Crippen LogP contribution is 2.36. The number of rotatable bonds is 5. The van der Waals surface area contributed by atoms with E-state index in [2.05, 4.69) is 40.5 Å². The van der Waals surface area contributed by atoms with Crippen LogP contribution in [0.3, 0.4) is 0 Å². The number of imide groups is 1. The molecule has 2 saturated heterocycles. The van der Waals surface area contributed by atoms with Crippen molar-refractivity contribution in [3.63, 3.8) is 0 Å². The number of benzene rings is 2. The van der Waals surface area contributed by atoms with Gasteiger partial charge in [-0.3, -0.25) is 24.6 Å². The van der Waals surface area contributed by atoms with Gasteiger partial charge >= 0.3 is 0 Å². The van der Waals surface area contributed by atoms with Gasteiger partial charge in [-0.15, -0.1) is 0 Å². The molecule has 0 aromatic heterocycles. The third-order valence-corrected chi connectivity index (χ3v) is 8.10. The van der Waals surface area contributed by atoms with Crippen molar-refractivity contribution in [1.82, 2.24) is 15.1 Å². The first kappa shape index (κ1) is 22.3. The fraction of sp³-hybridized carbons (Fsp3) is 0.464. The molecule has 0 spiro atoms. The smallest absolute Gasteiger partial charge is 0.255 e. The van der Waals surface area contributed by atoms with E-state index in [1.165, 1.54) is 18.4 Å². The summed E-state index contributed by atoms with van der Waals surface area (Å²) in [5, 5.41) is 2.36. The number of ether oxygens (including phenoxy) is 1. The maximum atomic E-state index is 13.0. The van der Waals surface area contributed by atoms with Crippen LogP contribution in [0, 0.1) is 0 Å². The lowest BCUT2D eigenvalue weighted by Gasteiger charge is -2.48. The zero-order valence-corrected chi connectivity index (χ0v) is 19.8. The number of carbonyl (C=O) groups excluding carboxylic acids is 3. The van der Waals surface area contributed by atoms with Crippen molar-refractivity contribution in [2.24, 2.45) is 0 Å². The Morgan fingerprint density at radius 3 is 2.51 bits per heavy atom. The SMILES string of the molecule is O=C1CC[C@H](N2Cc3cc(O[C@@H]4CCCC[C@H]4N4CC(c5ccccc5)C4)ccc3C2=O)C(=O)N1. The fourth-order valence-corrected chi connectivity index (χ4v) is 6.15. The second kappa shape index (κ2) is 9.11. The van der Waals surface area contributed by atoms with Crippen LogP contribution in [0.4, 0.5) is 0 Å². The molecule has 182 valence electrons. The summed E-state index contributed by atoms with van der Waals surface area (Å²) in [6.45, 7) is 2.53. The van der Waals surface area contributed by atoms with Crippen LogP contribution in [-0.4, -0.2) is 58.8 Å². The normalized spacial score (nSPS) is 27.4. The van der Waals surface area contributed by atoms with Crippen LogP contribution in [0.15, 0.2) is 48.5 Å². The van der Waals surface area contributed by atoms with E-state index in [0.29, 0.717) is 30.5 Å². The van der Waals surface area contributed by atoms with Crippen molar-refractivity contribution in [2.45, 2.75) is 69.2 Å². The third-order valence-electron chi connectivity index (χ3n) is 8.10. The number of piperidine rings is 1. The molecule has 1 saturated carbocycles. The Bertz CT molecular complexity index is 1140. The molecule has 3 atom stereocenters. The highest BCUT2D eigenvalue weighted by atomic mass is 16.5. The van der Waals surface area contributed by atoms with Gasteiger partial charge in [-0.25, -0.2) is 0 Å². The lowest BCUT2D eigenvalue weighted by Crippen LogP contribution is -2.57. The first-order chi connectivity index (χ1) is 17.1. The Morgan fingerprint density at radius 2 is 1.71 bits per heavy atom. The lowest BCUT2D eigenvalue weighted by atomic mass is 9.84. The van der Waals surface area contributed by atoms with Crippen molar-refractivity contribution in [1.29, 1.82) is 0 Å². The van der Waals surface area contributed by atoms with E-state index in [9.17, 15) is 14.4 Å². The van der Waals surface area contributed by atoms with Gasteiger partial charge in [-0.1, -0.05) is 36.8 Å². The minimum Gasteiger partial charge on any atom is -0.489 e. The van der Waals surface area contributed by atoms with Gasteiger partial charge in [-0.05, 0) is 55.0 Å². The third kappa shape index (κ3) is 4.22. The fourth-order valence-electron chi connectivity index (χ4n) is 6.15. The molecule has 3 amide bonds. The Balaban J connectivity index is 1.12. The van der Waals surface area contributed by atoms with Crippen LogP contribution in [0.1, 0.15) is 65.9 Å². The Morgan fingerprint density at radius 1 is 0.914 bits per heavy atom. The van der Waals surface area contributed by atoms with E-state index in [1.807, 2.05) is 18.2 Å². The molecule has 3 aliphatic heterocycles. The number of carbonyl (C=O) groups is 3. The van der Waals surface area contributed by atoms with Crippen LogP contribution in [0.5, 0.6) is 5.75 Å². The van der Waals surface area contributed by atoms with Crippen LogP contribution >= 0.6 is 0 Å². The standard InChI is InChI=1S/C28H31N3O4/c32-26-13-12-24(27(33)29-26)31-17-19-14-21(10-11-22(19)28(31)34)35-25-9-5-4-8-23(25)30-15-20(16-30)18-6-2-1-3-7-18/h1-3,6-7,10-11,14,20,23-25H,4-5,8-9,12-13,15-17H2,(H,29,32,33)/t23-,24+,25-/m1/s1. The molecule has 7 heteroatoms. The summed E-state index contributed by atoms with van der Waals surface area (Å²) in [4.78, 5) is 40.9. The highest BCUT2D eigenvalue weighted by molar-refractivity contribution is 6.05. The van der Waals surface area contributed by atoms with Crippen molar-refractivity contribution in [2.75, 3.05) is 13.1 Å². The molecule has 35 heavy (non-hydrogen) atoms. The summed E-state index contributed by atoms with van der Waals surface area (Å²) < 4.78 is 6.55. The Kier molecular flexibility index (Phi) is 5.80. The first-order valence-corrected chi connectivity index (χ1v) is 12.8. The first-order valence-electron chi connectivity index (χ1n) is 12.8. The molecule has 1 N–H and O–H groups in total. The van der Waals surface area contributed by atoms with E-state index in [4.69, 9.17) is 4.74 Å². The highest BCUT2D eigenvalue weighted by Gasteiger charge is 2.41. The molecule has 0 unspecified atom stereocenters. The van der Waals surface area contributed by atoms with Gasteiger partial charge in [0, 0.05) is 43.6 Å². The van der Waals surface area contributed by atoms with Crippen LogP contribution in [-0.2, 0) is 16.1 Å². The monoisotopic (exact) mass is 473 g/mol. The largest absolute Gasteiger partial charge is 0.489 e. The molecule has 3 fully saturated rings. The van der Waals surface area contributed by atoms with Crippen LogP contribution < -0.4 is 10.1 Å². The lowest BCUT2D eigenvalue weighted by molar-refractivity contribution is -0.136. The molecule has 2 aromatic rings. The molecular formula is C28H31N3O4. The van der Waals surface area contributed by atoms with Gasteiger partial charge in [0.15, 0.2) is 0 Å². The summed E-state index contributed by atoms with van der Waals surface area (Å²) in [5.74, 6) is 0.587. The molecule has 6 rings (SSSR count). The number of likely N-dealkylation sites (tertiary alicyclic amines) is 1. The predicted octanol–water partition coefficient (Wildman–Crippen LogP) is 3.24. The number of fused-ring (bicyclic) bond motifs is 1. The van der Waals surface area contributed by atoms with Crippen molar-refractivity contribution < 1.29 is 19.1 Å². The molecule has 0 radical (unpaired) electrons. The molecule has 3 heterocycles. The number of nitrogens with one attached hydrogen (secondary N) is 1. The summed E-state index contributed by atoms with van der Waals surface area (Å²) in [7, 11) is 0. The molecule has 7 nitrogen and oxygen atoms in total. The van der Waals surface area contributed by atoms with E-state index >= 15 is 0 Å². The van der Waals surface area contributed by atoms with Gasteiger partial charge in [0.1, 0.15) is 17.9 Å². The van der Waals surface area contributed by atoms with Crippen LogP contribution in [0.25, 0.3) is 0 Å². The number of hydrogen-bond donors (Lipinski definition) is 1. The number of nitrogens with zero attached hydrogens (tertiary/aromatic N) is 2. The number of hydrogen-bond acceptors (Lipinski definition) is 5. The zero-order valence-electron chi connectivity index (χ0n) is 19.8. The quantitative estimate of drug-likeness (QED) is 0.675. The second-order valence-corrected chi connectivity index (χ2v) is 10.3. The summed E-state index contributed by atoms with van der Waals surface area (Å²) >= 11 is 0. The minimum atomic E-state index is -0.594. The van der Waals surface area contributed by atoms with Gasteiger partial charge in [-0.2, -0.15) is 0 Å². The minimum absolute atomic E-state index is 0.141. The Hall–Kier alpha value is -3.19. The van der Waals surface area contributed by atoms with Gasteiger partial charge < -0.3 is 9.64 Å². The molecule has 1 aliphatic carbocycles. The zero-order chi connectivity index (χ0) is 23.9. The van der Waals surface area contributed by atoms with Crippen molar-refractivity contribution >= 4 is 17.7 Å². The summed E-state index contributed by atoms with van der Waals surface area (Å²) in [6, 6.07) is 16.2. The van der Waals surface area contributed by atoms with Crippen molar-refractivity contribution in [3.8, 4) is 5.75 Å². The molecule has 0 bridgehead atoms. The number of amides is 3. The Labute approximate surface area is 205 Å². The average Bonchev–Trinajstić information content (AvgIpc) is 3.15. The van der Waals surface area contributed by atoms with Crippen LogP contribution in [0.2, 0.25) is 0 Å². The van der Waals surface area contributed by atoms with E-state index < -0.39 is 6.04 Å². The van der Waals surface area contributed by atoms with Gasteiger partial charge in [0.2, 0.25) is 11.8 Å². The maximum absolute atomic E-state index is 13.0. The van der Waals surface area contributed by atoms with Gasteiger partial charge in [0.05, 0.1) is 0 Å². The topological polar surface area (TPSA) is 79.0 Å². The van der Waals surface area contributed by atoms with E-state index in [-0.39, 0.29) is 30.2 Å². The van der Waals surface area contributed by atoms with Gasteiger partial charge in [0.25, 0.3) is 5.91 Å². The summed E-state index contributed by atoms with van der Waals surface area (Å²) in [6.07, 6.45) is 5.36. The average molecular weight is 474 g/mol. The van der Waals surface area contributed by atoms with Crippen molar-refractivity contribution in [3.05, 3.63) is 65.2 Å². The molecule has 2 aromatic carbocycles. The van der Waals surface area contributed by atoms with E-state index in [1.54, 1.807) is 4.90 Å².